The van der Waals surface area contributed by atoms with Crippen LogP contribution in [-0.2, 0) is 4.74 Å². The van der Waals surface area contributed by atoms with Crippen molar-refractivity contribution in [2.24, 2.45) is 0 Å². The van der Waals surface area contributed by atoms with Crippen LogP contribution in [0.4, 0.5) is 14.6 Å². The van der Waals surface area contributed by atoms with Gasteiger partial charge in [-0.3, -0.25) is 0 Å². The molecule has 0 amide bonds. The quantitative estimate of drug-likeness (QED) is 0.727. The van der Waals surface area contributed by atoms with Crippen LogP contribution >= 0.6 is 0 Å². The Labute approximate surface area is 142 Å². The van der Waals surface area contributed by atoms with E-state index in [0.717, 1.165) is 23.4 Å². The summed E-state index contributed by atoms with van der Waals surface area (Å²) in [4.78, 5) is 10.8. The second kappa shape index (κ2) is 6.64. The van der Waals surface area contributed by atoms with Crippen LogP contribution in [0.3, 0.4) is 0 Å². The molecule has 0 saturated carbocycles. The third-order valence-electron chi connectivity index (χ3n) is 4.16. The van der Waals surface area contributed by atoms with Gasteiger partial charge < -0.3 is 18.8 Å². The minimum atomic E-state index is -2.82. The number of morpholine rings is 1. The molecule has 1 atom stereocenters. The number of fused-ring (bicyclic) bond motifs is 1. The predicted octanol–water partition coefficient (Wildman–Crippen LogP) is 2.91. The molecule has 0 bridgehead atoms. The van der Waals surface area contributed by atoms with Crippen molar-refractivity contribution in [2.75, 3.05) is 24.6 Å². The maximum atomic E-state index is 12.2. The molecule has 3 aromatic rings. The number of ether oxygens (including phenoxy) is 2. The third-order valence-corrected chi connectivity index (χ3v) is 4.16. The molecule has 130 valence electrons. The van der Waals surface area contributed by atoms with Crippen LogP contribution in [0.1, 0.15) is 11.7 Å². The monoisotopic (exact) mass is 346 g/mol. The number of hydrogen-bond donors (Lipinski definition) is 0. The zero-order valence-electron chi connectivity index (χ0n) is 13.3. The van der Waals surface area contributed by atoms with E-state index in [1.165, 1.54) is 12.1 Å². The maximum absolute atomic E-state index is 12.2. The van der Waals surface area contributed by atoms with Gasteiger partial charge in [0.25, 0.3) is 0 Å². The Hall–Kier alpha value is -2.74. The lowest BCUT2D eigenvalue weighted by molar-refractivity contribution is -0.0498. The highest BCUT2D eigenvalue weighted by atomic mass is 19.3. The Morgan fingerprint density at radius 2 is 2.08 bits per heavy atom. The highest BCUT2D eigenvalue weighted by Crippen LogP contribution is 2.28. The van der Waals surface area contributed by atoms with Gasteiger partial charge in [0.1, 0.15) is 17.4 Å². The smallest absolute Gasteiger partial charge is 0.387 e. The van der Waals surface area contributed by atoms with Crippen molar-refractivity contribution in [3.05, 3.63) is 54.7 Å². The fourth-order valence-electron chi connectivity index (χ4n) is 2.99. The van der Waals surface area contributed by atoms with Crippen molar-refractivity contribution in [3.8, 4) is 5.75 Å². The maximum Gasteiger partial charge on any atom is 0.387 e. The number of rotatable bonds is 4. The van der Waals surface area contributed by atoms with Crippen molar-refractivity contribution in [1.82, 2.24) is 14.4 Å². The molecule has 8 heteroatoms. The fraction of sp³-hybridized carbons (Fsp3) is 0.294. The van der Waals surface area contributed by atoms with Crippen LogP contribution in [0.2, 0.25) is 0 Å². The minimum Gasteiger partial charge on any atom is -0.435 e. The molecule has 25 heavy (non-hydrogen) atoms. The van der Waals surface area contributed by atoms with E-state index < -0.39 is 6.61 Å². The van der Waals surface area contributed by atoms with Crippen molar-refractivity contribution in [2.45, 2.75) is 12.7 Å². The first-order valence-corrected chi connectivity index (χ1v) is 7.89. The third kappa shape index (κ3) is 3.25. The van der Waals surface area contributed by atoms with E-state index in [2.05, 4.69) is 19.6 Å². The summed E-state index contributed by atoms with van der Waals surface area (Å²) in [6.07, 6.45) is 6.94. The molecule has 1 fully saturated rings. The molecule has 1 saturated heterocycles. The highest BCUT2D eigenvalue weighted by Gasteiger charge is 2.24. The molecular formula is C17H16F2N4O2. The summed E-state index contributed by atoms with van der Waals surface area (Å²) in [5.41, 5.74) is 1.84. The van der Waals surface area contributed by atoms with Gasteiger partial charge >= 0.3 is 6.61 Å². The Kier molecular flexibility index (Phi) is 4.19. The second-order valence-electron chi connectivity index (χ2n) is 5.69. The first-order valence-electron chi connectivity index (χ1n) is 7.89. The summed E-state index contributed by atoms with van der Waals surface area (Å²) in [6, 6.07) is 6.55. The summed E-state index contributed by atoms with van der Waals surface area (Å²) in [7, 11) is 0. The van der Waals surface area contributed by atoms with Gasteiger partial charge in [-0.1, -0.05) is 12.1 Å². The average molecular weight is 346 g/mol. The zero-order chi connectivity index (χ0) is 17.2. The van der Waals surface area contributed by atoms with Gasteiger partial charge in [-0.15, -0.1) is 0 Å². The van der Waals surface area contributed by atoms with Gasteiger partial charge in [-0.25, -0.2) is 9.97 Å². The standard InChI is InChI=1S/C17H16F2N4O2/c18-17(19)25-13-3-1-12(2-4-13)15-10-22(7-8-24-15)16-14-9-20-11-23(14)6-5-21-16/h1-6,9,11,15,17H,7-8,10H2. The second-order valence-corrected chi connectivity index (χ2v) is 5.69. The summed E-state index contributed by atoms with van der Waals surface area (Å²) in [6.45, 7) is -0.931. The summed E-state index contributed by atoms with van der Waals surface area (Å²) in [5.74, 6) is 0.989. The molecule has 0 aliphatic carbocycles. The topological polar surface area (TPSA) is 51.9 Å². The summed E-state index contributed by atoms with van der Waals surface area (Å²) < 4.78 is 36.6. The first-order chi connectivity index (χ1) is 12.2. The Morgan fingerprint density at radius 1 is 1.24 bits per heavy atom. The Balaban J connectivity index is 1.54. The molecule has 6 nitrogen and oxygen atoms in total. The molecule has 0 radical (unpaired) electrons. The van der Waals surface area contributed by atoms with Crippen LogP contribution in [-0.4, -0.2) is 40.7 Å². The summed E-state index contributed by atoms with van der Waals surface area (Å²) >= 11 is 0. The fourth-order valence-corrected chi connectivity index (χ4v) is 2.99. The lowest BCUT2D eigenvalue weighted by Gasteiger charge is -2.34. The number of imidazole rings is 1. The highest BCUT2D eigenvalue weighted by molar-refractivity contribution is 5.68. The number of nitrogens with zero attached hydrogens (tertiary/aromatic N) is 4. The van der Waals surface area contributed by atoms with Crippen LogP contribution in [0.5, 0.6) is 5.75 Å². The van der Waals surface area contributed by atoms with Crippen LogP contribution in [0.25, 0.3) is 5.52 Å². The first kappa shape index (κ1) is 15.8. The van der Waals surface area contributed by atoms with E-state index >= 15 is 0 Å². The lowest BCUT2D eigenvalue weighted by Crippen LogP contribution is -2.39. The van der Waals surface area contributed by atoms with Gasteiger partial charge in [0, 0.05) is 25.5 Å². The predicted molar refractivity (Wildman–Crippen MR) is 87.0 cm³/mol. The largest absolute Gasteiger partial charge is 0.435 e. The minimum absolute atomic E-state index is 0.136. The van der Waals surface area contributed by atoms with Crippen molar-refractivity contribution >= 4 is 11.3 Å². The van der Waals surface area contributed by atoms with Crippen LogP contribution < -0.4 is 9.64 Å². The lowest BCUT2D eigenvalue weighted by atomic mass is 10.1. The number of hydrogen-bond acceptors (Lipinski definition) is 5. The number of anilines is 1. The number of alkyl halides is 2. The van der Waals surface area contributed by atoms with E-state index in [4.69, 9.17) is 4.74 Å². The van der Waals surface area contributed by atoms with E-state index in [0.29, 0.717) is 13.2 Å². The van der Waals surface area contributed by atoms with E-state index in [9.17, 15) is 8.78 Å². The molecule has 0 spiro atoms. The molecular weight excluding hydrogens is 330 g/mol. The van der Waals surface area contributed by atoms with Crippen LogP contribution in [0, 0.1) is 0 Å². The number of aromatic nitrogens is 3. The van der Waals surface area contributed by atoms with E-state index in [-0.39, 0.29) is 11.9 Å². The van der Waals surface area contributed by atoms with Gasteiger partial charge in [0.05, 0.1) is 19.1 Å². The van der Waals surface area contributed by atoms with Crippen molar-refractivity contribution in [3.63, 3.8) is 0 Å². The van der Waals surface area contributed by atoms with E-state index in [1.54, 1.807) is 30.9 Å². The molecule has 1 aliphatic rings. The van der Waals surface area contributed by atoms with Crippen molar-refractivity contribution < 1.29 is 18.3 Å². The summed E-state index contributed by atoms with van der Waals surface area (Å²) in [5, 5.41) is 0. The SMILES string of the molecule is FC(F)Oc1ccc(C2CN(c3nccn4cncc34)CCO2)cc1. The van der Waals surface area contributed by atoms with Gasteiger partial charge in [0.15, 0.2) is 5.82 Å². The number of halogens is 2. The number of benzene rings is 1. The van der Waals surface area contributed by atoms with Crippen molar-refractivity contribution in [1.29, 1.82) is 0 Å². The van der Waals surface area contributed by atoms with Gasteiger partial charge in [-0.05, 0) is 17.7 Å². The van der Waals surface area contributed by atoms with Crippen LogP contribution in [0.15, 0.2) is 49.2 Å². The normalized spacial score (nSPS) is 18.0. The Morgan fingerprint density at radius 3 is 2.88 bits per heavy atom. The Bertz CT molecular complexity index is 853. The molecule has 0 N–H and O–H groups in total. The average Bonchev–Trinajstić information content (AvgIpc) is 3.11. The van der Waals surface area contributed by atoms with Gasteiger partial charge in [0.2, 0.25) is 0 Å². The molecule has 4 rings (SSSR count). The molecule has 1 unspecified atom stereocenters. The van der Waals surface area contributed by atoms with Gasteiger partial charge in [-0.2, -0.15) is 8.78 Å². The zero-order valence-corrected chi connectivity index (χ0v) is 13.3. The molecule has 1 aliphatic heterocycles. The molecule has 2 aromatic heterocycles. The van der Waals surface area contributed by atoms with E-state index in [1.807, 2.05) is 10.6 Å². The molecule has 3 heterocycles. The molecule has 1 aromatic carbocycles.